The Labute approximate surface area is 109 Å². The highest BCUT2D eigenvalue weighted by Gasteiger charge is 2.28. The van der Waals surface area contributed by atoms with Gasteiger partial charge in [-0.15, -0.1) is 0 Å². The number of carboxylic acid groups (broad SMARTS) is 1. The van der Waals surface area contributed by atoms with Gasteiger partial charge in [0.15, 0.2) is 0 Å². The van der Waals surface area contributed by atoms with E-state index < -0.39 is 5.97 Å². The second-order valence-electron chi connectivity index (χ2n) is 4.39. The number of carboxylic acids is 1. The molecule has 1 aromatic rings. The summed E-state index contributed by atoms with van der Waals surface area (Å²) in [4.78, 5) is 28.1. The molecule has 2 rings (SSSR count). The molecule has 96 valence electrons. The van der Waals surface area contributed by atoms with Crippen molar-refractivity contribution in [3.63, 3.8) is 0 Å². The minimum atomic E-state index is -1.01. The molecule has 1 aromatic heterocycles. The molecule has 0 atom stereocenters. The first-order valence-corrected chi connectivity index (χ1v) is 6.06. The van der Waals surface area contributed by atoms with Crippen molar-refractivity contribution in [3.8, 4) is 0 Å². The number of aromatic nitrogens is 1. The number of hydrogen-bond donors (Lipinski definition) is 1. The van der Waals surface area contributed by atoms with E-state index in [1.165, 1.54) is 23.2 Å². The van der Waals surface area contributed by atoms with Crippen LogP contribution in [0.5, 0.6) is 0 Å². The number of amides is 1. The lowest BCUT2D eigenvalue weighted by atomic mass is 10.2. The fourth-order valence-corrected chi connectivity index (χ4v) is 1.89. The Kier molecular flexibility index (Phi) is 3.81. The van der Waals surface area contributed by atoms with E-state index in [1.807, 2.05) is 0 Å². The van der Waals surface area contributed by atoms with Crippen molar-refractivity contribution in [1.29, 1.82) is 0 Å². The summed E-state index contributed by atoms with van der Waals surface area (Å²) in [6.45, 7) is 0.209. The smallest absolute Gasteiger partial charge is 0.323 e. The highest BCUT2D eigenvalue weighted by molar-refractivity contribution is 6.29. The van der Waals surface area contributed by atoms with Crippen molar-refractivity contribution in [3.05, 3.63) is 29.0 Å². The van der Waals surface area contributed by atoms with Crippen LogP contribution in [0.1, 0.15) is 23.2 Å². The molecule has 0 radical (unpaired) electrons. The monoisotopic (exact) mass is 268 g/mol. The maximum absolute atomic E-state index is 12.2. The minimum absolute atomic E-state index is 0.225. The van der Waals surface area contributed by atoms with E-state index in [1.54, 1.807) is 0 Å². The molecule has 0 aliphatic heterocycles. The summed E-state index contributed by atoms with van der Waals surface area (Å²) in [5.74, 6) is -0.886. The molecular formula is C12H13ClN2O3. The highest BCUT2D eigenvalue weighted by atomic mass is 35.5. The van der Waals surface area contributed by atoms with Crippen molar-refractivity contribution in [2.75, 3.05) is 13.1 Å². The van der Waals surface area contributed by atoms with Crippen molar-refractivity contribution in [1.82, 2.24) is 9.88 Å². The van der Waals surface area contributed by atoms with Crippen molar-refractivity contribution < 1.29 is 14.7 Å². The van der Waals surface area contributed by atoms with Gasteiger partial charge in [-0.3, -0.25) is 9.59 Å². The normalized spacial score (nSPS) is 14.3. The molecule has 0 spiro atoms. The molecule has 5 nitrogen and oxygen atoms in total. The van der Waals surface area contributed by atoms with Gasteiger partial charge in [0, 0.05) is 18.3 Å². The van der Waals surface area contributed by atoms with Crippen LogP contribution < -0.4 is 0 Å². The molecule has 1 fully saturated rings. The zero-order valence-electron chi connectivity index (χ0n) is 9.67. The largest absolute Gasteiger partial charge is 0.480 e. The van der Waals surface area contributed by atoms with E-state index in [-0.39, 0.29) is 17.6 Å². The summed E-state index contributed by atoms with van der Waals surface area (Å²) < 4.78 is 0. The predicted molar refractivity (Wildman–Crippen MR) is 65.5 cm³/mol. The van der Waals surface area contributed by atoms with E-state index >= 15 is 0 Å². The first-order chi connectivity index (χ1) is 8.56. The van der Waals surface area contributed by atoms with Crippen molar-refractivity contribution in [2.45, 2.75) is 12.8 Å². The lowest BCUT2D eigenvalue weighted by molar-refractivity contribution is -0.137. The average molecular weight is 269 g/mol. The second kappa shape index (κ2) is 5.35. The van der Waals surface area contributed by atoms with Crippen LogP contribution in [0.2, 0.25) is 5.15 Å². The quantitative estimate of drug-likeness (QED) is 0.825. The minimum Gasteiger partial charge on any atom is -0.480 e. The average Bonchev–Trinajstić information content (AvgIpc) is 3.10. The number of pyridine rings is 1. The Hall–Kier alpha value is -1.62. The van der Waals surface area contributed by atoms with Crippen LogP contribution in [0.4, 0.5) is 0 Å². The highest BCUT2D eigenvalue weighted by Crippen LogP contribution is 2.30. The van der Waals surface area contributed by atoms with Crippen molar-refractivity contribution >= 4 is 23.5 Å². The van der Waals surface area contributed by atoms with E-state index in [2.05, 4.69) is 4.98 Å². The summed E-state index contributed by atoms with van der Waals surface area (Å²) in [7, 11) is 0. The second-order valence-corrected chi connectivity index (χ2v) is 4.78. The van der Waals surface area contributed by atoms with Crippen LogP contribution >= 0.6 is 11.6 Å². The molecular weight excluding hydrogens is 256 g/mol. The number of carbonyl (C=O) groups is 2. The summed E-state index contributed by atoms with van der Waals surface area (Å²) in [5, 5.41) is 9.06. The van der Waals surface area contributed by atoms with Crippen LogP contribution in [0.25, 0.3) is 0 Å². The fourth-order valence-electron chi connectivity index (χ4n) is 1.71. The van der Waals surface area contributed by atoms with Gasteiger partial charge >= 0.3 is 5.97 Å². The van der Waals surface area contributed by atoms with Crippen LogP contribution in [0.15, 0.2) is 18.3 Å². The van der Waals surface area contributed by atoms with Crippen LogP contribution in [-0.4, -0.2) is 40.0 Å². The van der Waals surface area contributed by atoms with Gasteiger partial charge < -0.3 is 10.0 Å². The molecule has 0 aromatic carbocycles. The fraction of sp³-hybridized carbons (Fsp3) is 0.417. The van der Waals surface area contributed by atoms with Gasteiger partial charge in [0.1, 0.15) is 11.7 Å². The molecule has 1 aliphatic carbocycles. The molecule has 1 saturated carbocycles. The molecule has 0 saturated heterocycles. The number of halogens is 1. The summed E-state index contributed by atoms with van der Waals surface area (Å²) in [6, 6.07) is 2.99. The third-order valence-electron chi connectivity index (χ3n) is 2.76. The van der Waals surface area contributed by atoms with Crippen LogP contribution in [0.3, 0.4) is 0 Å². The van der Waals surface area contributed by atoms with Gasteiger partial charge in [-0.25, -0.2) is 4.98 Å². The van der Waals surface area contributed by atoms with Gasteiger partial charge in [-0.1, -0.05) is 11.6 Å². The summed E-state index contributed by atoms with van der Waals surface area (Å²) in [5.41, 5.74) is 0.372. The van der Waals surface area contributed by atoms with Gasteiger partial charge in [0.25, 0.3) is 5.91 Å². The Morgan fingerprint density at radius 1 is 1.50 bits per heavy atom. The van der Waals surface area contributed by atoms with Gasteiger partial charge in [0.05, 0.1) is 0 Å². The van der Waals surface area contributed by atoms with E-state index in [0.717, 1.165) is 12.8 Å². The maximum atomic E-state index is 12.2. The molecule has 6 heteroatoms. The van der Waals surface area contributed by atoms with Gasteiger partial charge in [-0.2, -0.15) is 0 Å². The molecule has 1 heterocycles. The lowest BCUT2D eigenvalue weighted by Crippen LogP contribution is -2.37. The topological polar surface area (TPSA) is 70.5 Å². The third kappa shape index (κ3) is 3.43. The first-order valence-electron chi connectivity index (χ1n) is 5.69. The van der Waals surface area contributed by atoms with E-state index in [0.29, 0.717) is 18.0 Å². The number of rotatable bonds is 5. The molecule has 0 bridgehead atoms. The zero-order chi connectivity index (χ0) is 13.1. The molecule has 0 unspecified atom stereocenters. The Morgan fingerprint density at radius 3 is 2.78 bits per heavy atom. The number of carbonyl (C=O) groups excluding carboxylic acids is 1. The maximum Gasteiger partial charge on any atom is 0.323 e. The summed E-state index contributed by atoms with van der Waals surface area (Å²) in [6.07, 6.45) is 3.55. The molecule has 18 heavy (non-hydrogen) atoms. The van der Waals surface area contributed by atoms with Crippen LogP contribution in [0, 0.1) is 5.92 Å². The van der Waals surface area contributed by atoms with Gasteiger partial charge in [0.2, 0.25) is 0 Å². The molecule has 1 amide bonds. The standard InChI is InChI=1S/C12H13ClN2O3/c13-10-5-9(3-4-14-10)12(18)15(7-11(16)17)6-8-1-2-8/h3-5,8H,1-2,6-7H2,(H,16,17). The van der Waals surface area contributed by atoms with E-state index in [4.69, 9.17) is 16.7 Å². The first kappa shape index (κ1) is 12.8. The Morgan fingerprint density at radius 2 is 2.22 bits per heavy atom. The predicted octanol–water partition coefficient (Wildman–Crippen LogP) is 1.67. The molecule has 1 aliphatic rings. The number of hydrogen-bond acceptors (Lipinski definition) is 3. The number of nitrogens with zero attached hydrogens (tertiary/aromatic N) is 2. The van der Waals surface area contributed by atoms with Crippen molar-refractivity contribution in [2.24, 2.45) is 5.92 Å². The lowest BCUT2D eigenvalue weighted by Gasteiger charge is -2.20. The van der Waals surface area contributed by atoms with Crippen LogP contribution in [-0.2, 0) is 4.79 Å². The Balaban J connectivity index is 2.12. The summed E-state index contributed by atoms with van der Waals surface area (Å²) >= 11 is 5.72. The Bertz CT molecular complexity index is 474. The molecule has 1 N–H and O–H groups in total. The van der Waals surface area contributed by atoms with Gasteiger partial charge in [-0.05, 0) is 30.9 Å². The zero-order valence-corrected chi connectivity index (χ0v) is 10.4. The third-order valence-corrected chi connectivity index (χ3v) is 2.97. The van der Waals surface area contributed by atoms with E-state index in [9.17, 15) is 9.59 Å². The SMILES string of the molecule is O=C(O)CN(CC1CC1)C(=O)c1ccnc(Cl)c1. The number of aliphatic carboxylic acids is 1.